The zero-order chi connectivity index (χ0) is 15.2. The van der Waals surface area contributed by atoms with Gasteiger partial charge in [0.15, 0.2) is 6.61 Å². The summed E-state index contributed by atoms with van der Waals surface area (Å²) in [7, 11) is 0. The molecule has 4 nitrogen and oxygen atoms in total. The third-order valence-corrected chi connectivity index (χ3v) is 3.14. The molecule has 2 aromatic carbocycles. The minimum Gasteiger partial charge on any atom is -0.481 e. The molecule has 21 heavy (non-hydrogen) atoms. The highest BCUT2D eigenvalue weighted by molar-refractivity contribution is 6.31. The molecule has 5 heteroatoms. The molecule has 0 fully saturated rings. The highest BCUT2D eigenvalue weighted by atomic mass is 35.5. The number of halogens is 1. The first-order chi connectivity index (χ1) is 10.1. The lowest BCUT2D eigenvalue weighted by Crippen LogP contribution is -2.18. The fraction of sp³-hybridized carbons (Fsp3) is 0.125. The lowest BCUT2D eigenvalue weighted by Gasteiger charge is -2.08. The first-order valence-corrected chi connectivity index (χ1v) is 6.56. The summed E-state index contributed by atoms with van der Waals surface area (Å²) in [5.41, 5.74) is 1.19. The summed E-state index contributed by atoms with van der Waals surface area (Å²) in [5, 5.41) is 9.52. The zero-order valence-electron chi connectivity index (χ0n) is 11.3. The van der Waals surface area contributed by atoms with Crippen molar-refractivity contribution in [2.75, 3.05) is 6.61 Å². The molecule has 2 rings (SSSR count). The molecule has 0 atom stereocenters. The molecular formula is C16H12ClNO3. The van der Waals surface area contributed by atoms with Crippen LogP contribution in [0.2, 0.25) is 5.02 Å². The van der Waals surface area contributed by atoms with E-state index in [2.05, 4.69) is 0 Å². The zero-order valence-corrected chi connectivity index (χ0v) is 12.1. The Morgan fingerprint density at radius 3 is 2.76 bits per heavy atom. The maximum absolute atomic E-state index is 11.7. The van der Waals surface area contributed by atoms with Gasteiger partial charge in [0.25, 0.3) is 0 Å². The first kappa shape index (κ1) is 14.9. The van der Waals surface area contributed by atoms with Gasteiger partial charge in [-0.15, -0.1) is 0 Å². The molecule has 0 saturated carbocycles. The number of hydrogen-bond donors (Lipinski definition) is 0. The van der Waals surface area contributed by atoms with Gasteiger partial charge < -0.3 is 9.47 Å². The topological polar surface area (TPSA) is 59.3 Å². The second-order valence-corrected chi connectivity index (χ2v) is 4.69. The molecule has 0 unspecified atom stereocenters. The SMILES string of the molecule is Cc1cc(OC(=O)COc2ccccc2C#N)ccc1Cl. The summed E-state index contributed by atoms with van der Waals surface area (Å²) in [6, 6.07) is 13.6. The summed E-state index contributed by atoms with van der Waals surface area (Å²) in [4.78, 5) is 11.7. The van der Waals surface area contributed by atoms with Crippen LogP contribution in [0.1, 0.15) is 11.1 Å². The van der Waals surface area contributed by atoms with E-state index in [1.165, 1.54) is 0 Å². The van der Waals surface area contributed by atoms with Crippen LogP contribution in [0.15, 0.2) is 42.5 Å². The Bertz CT molecular complexity index is 707. The Balaban J connectivity index is 1.96. The number of hydrogen-bond acceptors (Lipinski definition) is 4. The minimum atomic E-state index is -0.551. The van der Waals surface area contributed by atoms with Crippen LogP contribution < -0.4 is 9.47 Å². The van der Waals surface area contributed by atoms with Crippen molar-refractivity contribution in [3.63, 3.8) is 0 Å². The summed E-state index contributed by atoms with van der Waals surface area (Å²) in [5.74, 6) is 0.202. The second-order valence-electron chi connectivity index (χ2n) is 4.28. The molecule has 0 bridgehead atoms. The summed E-state index contributed by atoms with van der Waals surface area (Å²) < 4.78 is 10.4. The average Bonchev–Trinajstić information content (AvgIpc) is 2.49. The van der Waals surface area contributed by atoms with Crippen LogP contribution in [0.4, 0.5) is 0 Å². The fourth-order valence-electron chi connectivity index (χ4n) is 1.66. The Labute approximate surface area is 127 Å². The van der Waals surface area contributed by atoms with Gasteiger partial charge >= 0.3 is 5.97 Å². The molecule has 0 aliphatic carbocycles. The smallest absolute Gasteiger partial charge is 0.349 e. The van der Waals surface area contributed by atoms with E-state index in [0.717, 1.165) is 5.56 Å². The number of esters is 1. The summed E-state index contributed by atoms with van der Waals surface area (Å²) >= 11 is 5.90. The molecule has 0 amide bonds. The van der Waals surface area contributed by atoms with E-state index in [0.29, 0.717) is 22.1 Å². The van der Waals surface area contributed by atoms with Crippen molar-refractivity contribution in [1.29, 1.82) is 5.26 Å². The maximum atomic E-state index is 11.7. The van der Waals surface area contributed by atoms with Crippen LogP contribution in [-0.4, -0.2) is 12.6 Å². The molecule has 2 aromatic rings. The van der Waals surface area contributed by atoms with Gasteiger partial charge in [-0.3, -0.25) is 0 Å². The average molecular weight is 302 g/mol. The van der Waals surface area contributed by atoms with Crippen molar-refractivity contribution in [1.82, 2.24) is 0 Å². The van der Waals surface area contributed by atoms with E-state index < -0.39 is 5.97 Å². The summed E-state index contributed by atoms with van der Waals surface area (Å²) in [6.07, 6.45) is 0. The summed E-state index contributed by atoms with van der Waals surface area (Å²) in [6.45, 7) is 1.54. The van der Waals surface area contributed by atoms with Crippen LogP contribution in [0, 0.1) is 18.3 Å². The lowest BCUT2D eigenvalue weighted by molar-refractivity contribution is -0.136. The van der Waals surface area contributed by atoms with Crippen LogP contribution >= 0.6 is 11.6 Å². The number of nitrogens with zero attached hydrogens (tertiary/aromatic N) is 1. The second kappa shape index (κ2) is 6.78. The van der Waals surface area contributed by atoms with Gasteiger partial charge in [0.05, 0.1) is 5.56 Å². The van der Waals surface area contributed by atoms with Gasteiger partial charge in [-0.05, 0) is 42.8 Å². The highest BCUT2D eigenvalue weighted by Crippen LogP contribution is 2.21. The standard InChI is InChI=1S/C16H12ClNO3/c1-11-8-13(6-7-14(11)17)21-16(19)10-20-15-5-3-2-4-12(15)9-18/h2-8H,10H2,1H3. The Morgan fingerprint density at radius 1 is 1.29 bits per heavy atom. The predicted molar refractivity (Wildman–Crippen MR) is 78.5 cm³/mol. The minimum absolute atomic E-state index is 0.277. The van der Waals surface area contributed by atoms with Crippen LogP contribution in [0.5, 0.6) is 11.5 Å². The number of ether oxygens (including phenoxy) is 2. The third-order valence-electron chi connectivity index (χ3n) is 2.71. The number of nitriles is 1. The number of rotatable bonds is 4. The van der Waals surface area contributed by atoms with Crippen molar-refractivity contribution >= 4 is 17.6 Å². The number of carbonyl (C=O) groups excluding carboxylic acids is 1. The first-order valence-electron chi connectivity index (χ1n) is 6.19. The molecule has 0 aliphatic heterocycles. The fourth-order valence-corrected chi connectivity index (χ4v) is 1.78. The van der Waals surface area contributed by atoms with Crippen molar-refractivity contribution in [3.8, 4) is 17.6 Å². The molecule has 0 aromatic heterocycles. The highest BCUT2D eigenvalue weighted by Gasteiger charge is 2.09. The Kier molecular flexibility index (Phi) is 4.81. The maximum Gasteiger partial charge on any atom is 0.349 e. The molecule has 0 N–H and O–H groups in total. The van der Waals surface area contributed by atoms with Gasteiger partial charge in [-0.1, -0.05) is 23.7 Å². The largest absolute Gasteiger partial charge is 0.481 e. The number of para-hydroxylation sites is 1. The molecule has 0 saturated heterocycles. The monoisotopic (exact) mass is 301 g/mol. The van der Waals surface area contributed by atoms with Gasteiger partial charge in [-0.2, -0.15) is 5.26 Å². The normalized spacial score (nSPS) is 9.76. The van der Waals surface area contributed by atoms with Gasteiger partial charge in [0.2, 0.25) is 0 Å². The Morgan fingerprint density at radius 2 is 2.05 bits per heavy atom. The predicted octanol–water partition coefficient (Wildman–Crippen LogP) is 3.50. The van der Waals surface area contributed by atoms with E-state index in [1.807, 2.05) is 13.0 Å². The van der Waals surface area contributed by atoms with Crippen molar-refractivity contribution in [2.45, 2.75) is 6.92 Å². The van der Waals surface area contributed by atoms with Gasteiger partial charge in [0, 0.05) is 5.02 Å². The van der Waals surface area contributed by atoms with E-state index in [4.69, 9.17) is 26.3 Å². The van der Waals surface area contributed by atoms with E-state index in [9.17, 15) is 4.79 Å². The molecule has 0 aliphatic rings. The van der Waals surface area contributed by atoms with Crippen molar-refractivity contribution < 1.29 is 14.3 Å². The van der Waals surface area contributed by atoms with E-state index in [-0.39, 0.29) is 6.61 Å². The molecule has 0 radical (unpaired) electrons. The van der Waals surface area contributed by atoms with E-state index in [1.54, 1.807) is 42.5 Å². The third kappa shape index (κ3) is 3.98. The molecule has 0 heterocycles. The lowest BCUT2D eigenvalue weighted by atomic mass is 10.2. The van der Waals surface area contributed by atoms with Gasteiger partial charge in [0.1, 0.15) is 17.6 Å². The number of benzene rings is 2. The number of carbonyl (C=O) groups is 1. The molecular weight excluding hydrogens is 290 g/mol. The van der Waals surface area contributed by atoms with Crippen LogP contribution in [0.3, 0.4) is 0 Å². The molecule has 106 valence electrons. The van der Waals surface area contributed by atoms with Crippen LogP contribution in [-0.2, 0) is 4.79 Å². The molecule has 0 spiro atoms. The quantitative estimate of drug-likeness (QED) is 0.640. The van der Waals surface area contributed by atoms with Crippen molar-refractivity contribution in [2.24, 2.45) is 0 Å². The van der Waals surface area contributed by atoms with E-state index >= 15 is 0 Å². The number of aryl methyl sites for hydroxylation is 1. The van der Waals surface area contributed by atoms with Crippen molar-refractivity contribution in [3.05, 3.63) is 58.6 Å². The van der Waals surface area contributed by atoms with Gasteiger partial charge in [-0.25, -0.2) is 4.79 Å². The Hall–Kier alpha value is -2.51. The van der Waals surface area contributed by atoms with Crippen LogP contribution in [0.25, 0.3) is 0 Å².